The highest BCUT2D eigenvalue weighted by Gasteiger charge is 2.09. The number of hydrogen-bond acceptors (Lipinski definition) is 3. The van der Waals surface area contributed by atoms with E-state index in [0.29, 0.717) is 35.6 Å². The van der Waals surface area contributed by atoms with E-state index in [9.17, 15) is 18.4 Å². The molecule has 25 heavy (non-hydrogen) atoms. The molecule has 0 radical (unpaired) electrons. The molecule has 0 saturated carbocycles. The number of nitrogens with zero attached hydrogens (tertiary/aromatic N) is 1. The fourth-order valence-corrected chi connectivity index (χ4v) is 2.47. The van der Waals surface area contributed by atoms with Crippen LogP contribution in [0.15, 0.2) is 47.3 Å². The van der Waals surface area contributed by atoms with Crippen molar-refractivity contribution >= 4 is 22.5 Å². The van der Waals surface area contributed by atoms with E-state index in [1.165, 1.54) is 6.07 Å². The molecule has 0 saturated heterocycles. The Balaban J connectivity index is 1.59. The Morgan fingerprint density at radius 1 is 1.16 bits per heavy atom. The first kappa shape index (κ1) is 16.8. The van der Waals surface area contributed by atoms with Crippen molar-refractivity contribution in [1.29, 1.82) is 0 Å². The van der Waals surface area contributed by atoms with E-state index in [1.54, 1.807) is 24.3 Å². The molecule has 0 unspecified atom stereocenters. The monoisotopic (exact) mass is 343 g/mol. The molecule has 0 fully saturated rings. The molecule has 7 heteroatoms. The van der Waals surface area contributed by atoms with Gasteiger partial charge < -0.3 is 10.3 Å². The Morgan fingerprint density at radius 3 is 2.76 bits per heavy atom. The Morgan fingerprint density at radius 2 is 1.96 bits per heavy atom. The zero-order valence-electron chi connectivity index (χ0n) is 13.2. The molecule has 1 amide bonds. The summed E-state index contributed by atoms with van der Waals surface area (Å²) < 4.78 is 26.3. The van der Waals surface area contributed by atoms with Crippen molar-refractivity contribution in [3.63, 3.8) is 0 Å². The zero-order chi connectivity index (χ0) is 17.8. The van der Waals surface area contributed by atoms with E-state index >= 15 is 0 Å². The highest BCUT2D eigenvalue weighted by molar-refractivity contribution is 5.90. The van der Waals surface area contributed by atoms with Gasteiger partial charge in [0.2, 0.25) is 5.91 Å². The number of anilines is 1. The van der Waals surface area contributed by atoms with Crippen molar-refractivity contribution in [2.45, 2.75) is 19.3 Å². The van der Waals surface area contributed by atoms with Crippen LogP contribution in [0.3, 0.4) is 0 Å². The third-order valence-electron chi connectivity index (χ3n) is 3.68. The first-order valence-corrected chi connectivity index (χ1v) is 7.76. The number of rotatable bonds is 5. The fourth-order valence-electron chi connectivity index (χ4n) is 2.47. The number of aromatic nitrogens is 2. The molecular formula is C18H15F2N3O2. The standard InChI is InChI=1S/C18H15F2N3O2/c19-11-8-9-15(13(20)10-11)22-17(24)7-3-6-16-21-14-5-2-1-4-12(14)18(25)23-16/h1-2,4-5,8-10H,3,6-7H2,(H,22,24)(H,21,23,25). The van der Waals surface area contributed by atoms with Crippen LogP contribution in [0.5, 0.6) is 0 Å². The number of amides is 1. The summed E-state index contributed by atoms with van der Waals surface area (Å²) in [6.45, 7) is 0. The first-order valence-electron chi connectivity index (χ1n) is 7.76. The lowest BCUT2D eigenvalue weighted by molar-refractivity contribution is -0.116. The fraction of sp³-hybridized carbons (Fsp3) is 0.167. The van der Waals surface area contributed by atoms with Crippen LogP contribution in [-0.4, -0.2) is 15.9 Å². The number of H-pyrrole nitrogens is 1. The average Bonchev–Trinajstić information content (AvgIpc) is 2.57. The lowest BCUT2D eigenvalue weighted by Crippen LogP contribution is -2.15. The third-order valence-corrected chi connectivity index (χ3v) is 3.68. The molecular weight excluding hydrogens is 328 g/mol. The van der Waals surface area contributed by atoms with Gasteiger partial charge in [-0.3, -0.25) is 9.59 Å². The predicted molar refractivity (Wildman–Crippen MR) is 90.3 cm³/mol. The van der Waals surface area contributed by atoms with Crippen LogP contribution < -0.4 is 10.9 Å². The Labute approximate surface area is 141 Å². The van der Waals surface area contributed by atoms with E-state index in [4.69, 9.17) is 0 Å². The maximum atomic E-state index is 13.5. The van der Waals surface area contributed by atoms with Gasteiger partial charge in [-0.15, -0.1) is 0 Å². The molecule has 3 rings (SSSR count). The number of benzene rings is 2. The van der Waals surface area contributed by atoms with Crippen LogP contribution in [-0.2, 0) is 11.2 Å². The van der Waals surface area contributed by atoms with Crippen molar-refractivity contribution in [3.8, 4) is 0 Å². The minimum absolute atomic E-state index is 0.0661. The van der Waals surface area contributed by atoms with Gasteiger partial charge in [0.05, 0.1) is 16.6 Å². The van der Waals surface area contributed by atoms with Gasteiger partial charge in [-0.25, -0.2) is 13.8 Å². The normalized spacial score (nSPS) is 10.8. The molecule has 2 N–H and O–H groups in total. The Bertz CT molecular complexity index is 985. The Hall–Kier alpha value is -3.09. The van der Waals surface area contributed by atoms with Gasteiger partial charge in [0.25, 0.3) is 5.56 Å². The second-order valence-electron chi connectivity index (χ2n) is 5.56. The number of hydrogen-bond donors (Lipinski definition) is 2. The van der Waals surface area contributed by atoms with E-state index < -0.39 is 17.5 Å². The summed E-state index contributed by atoms with van der Waals surface area (Å²) in [6, 6.07) is 9.95. The second kappa shape index (κ2) is 7.21. The van der Waals surface area contributed by atoms with Crippen molar-refractivity contribution in [2.75, 3.05) is 5.32 Å². The van der Waals surface area contributed by atoms with Crippen LogP contribution in [0.25, 0.3) is 10.9 Å². The summed E-state index contributed by atoms with van der Waals surface area (Å²) in [5, 5.41) is 2.90. The first-order chi connectivity index (χ1) is 12.0. The zero-order valence-corrected chi connectivity index (χ0v) is 13.2. The number of nitrogens with one attached hydrogen (secondary N) is 2. The van der Waals surface area contributed by atoms with Crippen molar-refractivity contribution in [3.05, 3.63) is 70.3 Å². The number of carbonyl (C=O) groups excluding carboxylic acids is 1. The maximum Gasteiger partial charge on any atom is 0.258 e. The number of carbonyl (C=O) groups is 1. The second-order valence-corrected chi connectivity index (χ2v) is 5.56. The molecule has 0 atom stereocenters. The Kier molecular flexibility index (Phi) is 4.83. The van der Waals surface area contributed by atoms with Crippen molar-refractivity contribution < 1.29 is 13.6 Å². The van der Waals surface area contributed by atoms with Gasteiger partial charge >= 0.3 is 0 Å². The lowest BCUT2D eigenvalue weighted by Gasteiger charge is -2.06. The summed E-state index contributed by atoms with van der Waals surface area (Å²) in [5.74, 6) is -1.44. The van der Waals surface area contributed by atoms with E-state index in [0.717, 1.165) is 6.07 Å². The van der Waals surface area contributed by atoms with Crippen LogP contribution in [0, 0.1) is 11.6 Å². The summed E-state index contributed by atoms with van der Waals surface area (Å²) in [4.78, 5) is 30.9. The highest BCUT2D eigenvalue weighted by Crippen LogP contribution is 2.15. The van der Waals surface area contributed by atoms with Crippen LogP contribution in [0.4, 0.5) is 14.5 Å². The average molecular weight is 343 g/mol. The number of halogens is 2. The summed E-state index contributed by atoms with van der Waals surface area (Å²) in [6.07, 6.45) is 0.947. The summed E-state index contributed by atoms with van der Waals surface area (Å²) in [7, 11) is 0. The molecule has 5 nitrogen and oxygen atoms in total. The third kappa shape index (κ3) is 4.06. The molecule has 0 aliphatic rings. The number of aryl methyl sites for hydroxylation is 1. The highest BCUT2D eigenvalue weighted by atomic mass is 19.1. The number of fused-ring (bicyclic) bond motifs is 1. The van der Waals surface area contributed by atoms with E-state index in [1.807, 2.05) is 0 Å². The van der Waals surface area contributed by atoms with Gasteiger partial charge in [0, 0.05) is 18.9 Å². The number of aromatic amines is 1. The minimum atomic E-state index is -0.825. The predicted octanol–water partition coefficient (Wildman–Crippen LogP) is 3.16. The largest absolute Gasteiger partial charge is 0.324 e. The quantitative estimate of drug-likeness (QED) is 0.747. The molecule has 0 bridgehead atoms. The van der Waals surface area contributed by atoms with E-state index in [2.05, 4.69) is 15.3 Å². The molecule has 0 spiro atoms. The van der Waals surface area contributed by atoms with Gasteiger partial charge in [-0.1, -0.05) is 12.1 Å². The smallest absolute Gasteiger partial charge is 0.258 e. The molecule has 1 heterocycles. The SMILES string of the molecule is O=C(CCCc1nc2ccccc2c(=O)[nH]1)Nc1ccc(F)cc1F. The minimum Gasteiger partial charge on any atom is -0.324 e. The molecule has 3 aromatic rings. The van der Waals surface area contributed by atoms with Crippen LogP contribution in [0.1, 0.15) is 18.7 Å². The maximum absolute atomic E-state index is 13.5. The van der Waals surface area contributed by atoms with Gasteiger partial charge in [0.15, 0.2) is 0 Å². The molecule has 0 aliphatic carbocycles. The van der Waals surface area contributed by atoms with Gasteiger partial charge in [-0.05, 0) is 30.7 Å². The molecule has 0 aliphatic heterocycles. The molecule has 1 aromatic heterocycles. The number of para-hydroxylation sites is 1. The van der Waals surface area contributed by atoms with Crippen molar-refractivity contribution in [1.82, 2.24) is 9.97 Å². The summed E-state index contributed by atoms with van der Waals surface area (Å²) in [5.41, 5.74) is 0.307. The molecule has 128 valence electrons. The van der Waals surface area contributed by atoms with Crippen LogP contribution >= 0.6 is 0 Å². The van der Waals surface area contributed by atoms with Crippen molar-refractivity contribution in [2.24, 2.45) is 0 Å². The van der Waals surface area contributed by atoms with Gasteiger partial charge in [0.1, 0.15) is 17.5 Å². The lowest BCUT2D eigenvalue weighted by atomic mass is 10.2. The summed E-state index contributed by atoms with van der Waals surface area (Å²) >= 11 is 0. The topological polar surface area (TPSA) is 74.8 Å². The van der Waals surface area contributed by atoms with E-state index in [-0.39, 0.29) is 17.7 Å². The molecule has 2 aromatic carbocycles. The van der Waals surface area contributed by atoms with Crippen LogP contribution in [0.2, 0.25) is 0 Å². The van der Waals surface area contributed by atoms with Gasteiger partial charge in [-0.2, -0.15) is 0 Å².